The number of carbonyl (C=O) groups is 1. The number of urea groups is 1. The van der Waals surface area contributed by atoms with Crippen molar-refractivity contribution in [3.63, 3.8) is 0 Å². The molecule has 0 aliphatic carbocycles. The van der Waals surface area contributed by atoms with E-state index >= 15 is 0 Å². The van der Waals surface area contributed by atoms with Gasteiger partial charge in [0.25, 0.3) is 0 Å². The Labute approximate surface area is 160 Å². The van der Waals surface area contributed by atoms with Crippen molar-refractivity contribution in [3.05, 3.63) is 24.3 Å². The van der Waals surface area contributed by atoms with Crippen LogP contribution in [0.1, 0.15) is 25.7 Å². The quantitative estimate of drug-likeness (QED) is 0.762. The molecule has 3 rings (SSSR count). The summed E-state index contributed by atoms with van der Waals surface area (Å²) >= 11 is 0. The van der Waals surface area contributed by atoms with Crippen LogP contribution in [-0.4, -0.2) is 68.8 Å². The van der Waals surface area contributed by atoms with Crippen LogP contribution >= 0.6 is 0 Å². The van der Waals surface area contributed by atoms with Gasteiger partial charge in [-0.3, -0.25) is 0 Å². The van der Waals surface area contributed by atoms with E-state index in [4.69, 9.17) is 14.2 Å². The van der Waals surface area contributed by atoms with Gasteiger partial charge >= 0.3 is 6.03 Å². The minimum atomic E-state index is -0.273. The highest BCUT2D eigenvalue weighted by atomic mass is 16.5. The van der Waals surface area contributed by atoms with Crippen LogP contribution in [0.5, 0.6) is 5.75 Å². The number of rotatable bonds is 7. The molecule has 0 aromatic heterocycles. The summed E-state index contributed by atoms with van der Waals surface area (Å²) in [4.78, 5) is 14.1. The van der Waals surface area contributed by atoms with Crippen LogP contribution in [0.15, 0.2) is 24.3 Å². The molecule has 2 saturated heterocycles. The second-order valence-corrected chi connectivity index (χ2v) is 7.53. The molecule has 1 aromatic rings. The minimum Gasteiger partial charge on any atom is -0.491 e. The smallest absolute Gasteiger partial charge is 0.321 e. The molecule has 2 aliphatic rings. The van der Waals surface area contributed by atoms with Crippen molar-refractivity contribution in [2.45, 2.75) is 31.8 Å². The minimum absolute atomic E-state index is 0.0602. The van der Waals surface area contributed by atoms with Gasteiger partial charge < -0.3 is 29.5 Å². The summed E-state index contributed by atoms with van der Waals surface area (Å²) in [5, 5.41) is 12.7. The Kier molecular flexibility index (Phi) is 6.93. The van der Waals surface area contributed by atoms with E-state index in [0.717, 1.165) is 38.0 Å². The van der Waals surface area contributed by atoms with Crippen molar-refractivity contribution in [1.82, 2.24) is 4.90 Å². The van der Waals surface area contributed by atoms with E-state index in [-0.39, 0.29) is 24.2 Å². The number of nitrogens with one attached hydrogen (secondary N) is 1. The number of ether oxygens (including phenoxy) is 3. The average Bonchev–Trinajstić information content (AvgIpc) is 3.22. The monoisotopic (exact) mass is 378 g/mol. The van der Waals surface area contributed by atoms with Gasteiger partial charge in [-0.25, -0.2) is 4.79 Å². The summed E-state index contributed by atoms with van der Waals surface area (Å²) in [5.41, 5.74) is 0.436. The van der Waals surface area contributed by atoms with Crippen molar-refractivity contribution >= 4 is 11.7 Å². The molecule has 27 heavy (non-hydrogen) atoms. The van der Waals surface area contributed by atoms with Gasteiger partial charge in [0, 0.05) is 44.5 Å². The second kappa shape index (κ2) is 9.39. The van der Waals surface area contributed by atoms with Crippen molar-refractivity contribution in [2.75, 3.05) is 51.9 Å². The number of aliphatic hydroxyl groups is 1. The predicted molar refractivity (Wildman–Crippen MR) is 102 cm³/mol. The summed E-state index contributed by atoms with van der Waals surface area (Å²) in [6.07, 6.45) is 3.84. The van der Waals surface area contributed by atoms with Crippen LogP contribution in [0.4, 0.5) is 10.5 Å². The highest BCUT2D eigenvalue weighted by Crippen LogP contribution is 2.31. The number of hydrogen-bond acceptors (Lipinski definition) is 5. The normalized spacial score (nSPS) is 21.6. The fourth-order valence-electron chi connectivity index (χ4n) is 3.56. The van der Waals surface area contributed by atoms with Crippen LogP contribution in [-0.2, 0) is 9.47 Å². The first-order chi connectivity index (χ1) is 13.1. The van der Waals surface area contributed by atoms with Gasteiger partial charge in [-0.2, -0.15) is 0 Å². The predicted octanol–water partition coefficient (Wildman–Crippen LogP) is 2.50. The van der Waals surface area contributed by atoms with Gasteiger partial charge in [-0.1, -0.05) is 0 Å². The van der Waals surface area contributed by atoms with Crippen LogP contribution in [0.25, 0.3) is 0 Å². The molecule has 150 valence electrons. The summed E-state index contributed by atoms with van der Waals surface area (Å²) < 4.78 is 16.7. The maximum atomic E-state index is 12.5. The van der Waals surface area contributed by atoms with Crippen molar-refractivity contribution < 1.29 is 24.1 Å². The largest absolute Gasteiger partial charge is 0.491 e. The molecule has 0 unspecified atom stereocenters. The Balaban J connectivity index is 1.47. The number of nitrogens with zero attached hydrogens (tertiary/aromatic N) is 1. The van der Waals surface area contributed by atoms with E-state index in [1.807, 2.05) is 24.3 Å². The third kappa shape index (κ3) is 5.57. The standard InChI is InChI=1S/C20H30N2O5/c1-22(14-20(15-23)8-11-25-12-9-20)19(24)21-16-4-6-17(7-5-16)27-13-18-3-2-10-26-18/h4-7,18,23H,2-3,8-15H2,1H3,(H,21,24)/t18-/m0/s1. The number of carbonyl (C=O) groups excluding carboxylic acids is 1. The van der Waals surface area contributed by atoms with Crippen LogP contribution in [0.2, 0.25) is 0 Å². The maximum Gasteiger partial charge on any atom is 0.321 e. The number of aliphatic hydroxyl groups excluding tert-OH is 1. The fourth-order valence-corrected chi connectivity index (χ4v) is 3.56. The van der Waals surface area contributed by atoms with Gasteiger partial charge in [-0.05, 0) is 49.9 Å². The number of anilines is 1. The molecule has 7 nitrogen and oxygen atoms in total. The first-order valence-corrected chi connectivity index (χ1v) is 9.65. The van der Waals surface area contributed by atoms with Crippen LogP contribution in [0, 0.1) is 5.41 Å². The molecule has 2 fully saturated rings. The molecule has 2 aliphatic heterocycles. The lowest BCUT2D eigenvalue weighted by Gasteiger charge is -2.38. The number of amides is 2. The van der Waals surface area contributed by atoms with Crippen molar-refractivity contribution in [1.29, 1.82) is 0 Å². The van der Waals surface area contributed by atoms with Crippen molar-refractivity contribution in [3.8, 4) is 5.75 Å². The molecule has 7 heteroatoms. The van der Waals surface area contributed by atoms with Gasteiger partial charge in [0.05, 0.1) is 12.7 Å². The third-order valence-electron chi connectivity index (χ3n) is 5.37. The Bertz CT molecular complexity index is 595. The van der Waals surface area contributed by atoms with Crippen molar-refractivity contribution in [2.24, 2.45) is 5.41 Å². The molecule has 2 N–H and O–H groups in total. The number of hydrogen-bond donors (Lipinski definition) is 2. The molecule has 1 aromatic carbocycles. The zero-order valence-corrected chi connectivity index (χ0v) is 16.0. The molecule has 2 heterocycles. The summed E-state index contributed by atoms with van der Waals surface area (Å²) in [6, 6.07) is 7.15. The van der Waals surface area contributed by atoms with Crippen LogP contribution < -0.4 is 10.1 Å². The Morgan fingerprint density at radius 2 is 2.04 bits per heavy atom. The molecule has 1 atom stereocenters. The Morgan fingerprint density at radius 3 is 2.67 bits per heavy atom. The average molecular weight is 378 g/mol. The highest BCUT2D eigenvalue weighted by Gasteiger charge is 2.34. The second-order valence-electron chi connectivity index (χ2n) is 7.53. The first-order valence-electron chi connectivity index (χ1n) is 9.65. The Hall–Kier alpha value is -1.83. The highest BCUT2D eigenvalue weighted by molar-refractivity contribution is 5.89. The molecule has 0 radical (unpaired) electrons. The fraction of sp³-hybridized carbons (Fsp3) is 0.650. The number of benzene rings is 1. The maximum absolute atomic E-state index is 12.5. The lowest BCUT2D eigenvalue weighted by atomic mass is 9.80. The van der Waals surface area contributed by atoms with Crippen LogP contribution in [0.3, 0.4) is 0 Å². The summed E-state index contributed by atoms with van der Waals surface area (Å²) in [7, 11) is 1.75. The lowest BCUT2D eigenvalue weighted by Crippen LogP contribution is -2.45. The van der Waals surface area contributed by atoms with E-state index in [0.29, 0.717) is 32.1 Å². The van der Waals surface area contributed by atoms with Gasteiger partial charge in [-0.15, -0.1) is 0 Å². The van der Waals surface area contributed by atoms with E-state index in [9.17, 15) is 9.90 Å². The molecular formula is C20H30N2O5. The van der Waals surface area contributed by atoms with Gasteiger partial charge in [0.15, 0.2) is 0 Å². The third-order valence-corrected chi connectivity index (χ3v) is 5.37. The first kappa shape index (κ1) is 19.9. The lowest BCUT2D eigenvalue weighted by molar-refractivity contribution is -0.0255. The molecule has 0 spiro atoms. The topological polar surface area (TPSA) is 80.3 Å². The molecule has 2 amide bonds. The summed E-state index contributed by atoms with van der Waals surface area (Å²) in [6.45, 7) is 3.19. The zero-order valence-electron chi connectivity index (χ0n) is 16.0. The van der Waals surface area contributed by atoms with E-state index in [2.05, 4.69) is 5.32 Å². The van der Waals surface area contributed by atoms with E-state index in [1.54, 1.807) is 11.9 Å². The Morgan fingerprint density at radius 1 is 1.30 bits per heavy atom. The SMILES string of the molecule is CN(CC1(CO)CCOCC1)C(=O)Nc1ccc(OC[C@@H]2CCCO2)cc1. The van der Waals surface area contributed by atoms with E-state index in [1.165, 1.54) is 0 Å². The zero-order chi connectivity index (χ0) is 19.1. The summed E-state index contributed by atoms with van der Waals surface area (Å²) in [5.74, 6) is 0.762. The van der Waals surface area contributed by atoms with Gasteiger partial charge in [0.1, 0.15) is 12.4 Å². The van der Waals surface area contributed by atoms with Gasteiger partial charge in [0.2, 0.25) is 0 Å². The molecule has 0 saturated carbocycles. The molecule has 0 bridgehead atoms. The van der Waals surface area contributed by atoms with E-state index < -0.39 is 0 Å². The molecular weight excluding hydrogens is 348 g/mol.